The molecule has 4 N–H and O–H groups in total. The van der Waals surface area contributed by atoms with Crippen LogP contribution >= 0.6 is 0 Å². The van der Waals surface area contributed by atoms with Crippen molar-refractivity contribution >= 4 is 10.9 Å². The summed E-state index contributed by atoms with van der Waals surface area (Å²) in [6.45, 7) is 0.537. The normalized spacial score (nSPS) is 25.3. The second-order valence-electron chi connectivity index (χ2n) is 8.23. The summed E-state index contributed by atoms with van der Waals surface area (Å²) in [4.78, 5) is 4.37. The number of nitrogens with zero attached hydrogens (tertiary/aromatic N) is 1. The van der Waals surface area contributed by atoms with Gasteiger partial charge in [0.2, 0.25) is 0 Å². The molecule has 5 atom stereocenters. The van der Waals surface area contributed by atoms with Crippen LogP contribution in [0.2, 0.25) is 0 Å². The van der Waals surface area contributed by atoms with E-state index in [1.54, 1.807) is 13.3 Å². The number of aliphatic hydroxyl groups excluding tert-OH is 4. The first kappa shape index (κ1) is 25.6. The van der Waals surface area contributed by atoms with E-state index in [0.717, 1.165) is 60.9 Å². The molecule has 0 amide bonds. The Balaban J connectivity index is 1.27. The molecule has 33 heavy (non-hydrogen) atoms. The van der Waals surface area contributed by atoms with Gasteiger partial charge >= 0.3 is 0 Å². The Morgan fingerprint density at radius 2 is 1.67 bits per heavy atom. The molecule has 1 aromatic carbocycles. The number of aliphatic hydroxyl groups is 4. The second-order valence-corrected chi connectivity index (χ2v) is 8.23. The molecule has 9 nitrogen and oxygen atoms in total. The van der Waals surface area contributed by atoms with Crippen LogP contribution in [0.5, 0.6) is 11.5 Å². The molecule has 0 spiro atoms. The third kappa shape index (κ3) is 6.99. The van der Waals surface area contributed by atoms with Crippen molar-refractivity contribution in [1.29, 1.82) is 0 Å². The van der Waals surface area contributed by atoms with Crippen molar-refractivity contribution < 1.29 is 39.4 Å². The molecule has 1 unspecified atom stereocenters. The number of methoxy groups -OCH3 is 1. The van der Waals surface area contributed by atoms with Crippen LogP contribution in [0.3, 0.4) is 0 Å². The lowest BCUT2D eigenvalue weighted by Crippen LogP contribution is -2.59. The van der Waals surface area contributed by atoms with Crippen molar-refractivity contribution in [3.05, 3.63) is 30.5 Å². The van der Waals surface area contributed by atoms with Gasteiger partial charge in [0, 0.05) is 24.3 Å². The Bertz CT molecular complexity index is 850. The standard InChI is InChI=1S/C24H35NO8/c1-30-16-8-9-17-18(14-16)25-11-10-19(17)31-12-6-4-2-3-5-7-13-32-23-21(27)20(15-26)33-24(29)22(23)28/h8-11,14,20-24,26-29H,2-7,12-13,15H2,1H3/t20-,21-,22-,23+,24?/m1/s1. The molecule has 1 fully saturated rings. The summed E-state index contributed by atoms with van der Waals surface area (Å²) in [7, 11) is 1.63. The molecule has 0 saturated carbocycles. The SMILES string of the molecule is COc1ccc2c(OCCCCCCCCO[C@H]3[C@H](O)[C@@H](CO)OC(O)[C@@H]3O)ccnc2c1. The van der Waals surface area contributed by atoms with Gasteiger partial charge in [0.15, 0.2) is 6.29 Å². The lowest BCUT2D eigenvalue weighted by molar-refractivity contribution is -0.294. The topological polar surface area (TPSA) is 131 Å². The second kappa shape index (κ2) is 13.0. The Kier molecular flexibility index (Phi) is 10.1. The van der Waals surface area contributed by atoms with E-state index in [1.807, 2.05) is 24.3 Å². The Morgan fingerprint density at radius 3 is 2.39 bits per heavy atom. The minimum atomic E-state index is -1.48. The molecule has 0 bridgehead atoms. The number of unbranched alkanes of at least 4 members (excludes halogenated alkanes) is 5. The average molecular weight is 466 g/mol. The molecule has 0 radical (unpaired) electrons. The Hall–Kier alpha value is -2.01. The number of benzene rings is 1. The van der Waals surface area contributed by atoms with Gasteiger partial charge in [-0.3, -0.25) is 4.98 Å². The summed E-state index contributed by atoms with van der Waals surface area (Å²) in [5.74, 6) is 1.59. The molecule has 184 valence electrons. The predicted octanol–water partition coefficient (Wildman–Crippen LogP) is 1.78. The lowest BCUT2D eigenvalue weighted by Gasteiger charge is -2.39. The summed E-state index contributed by atoms with van der Waals surface area (Å²) in [6, 6.07) is 7.63. The molecule has 1 aromatic heterocycles. The van der Waals surface area contributed by atoms with E-state index in [2.05, 4.69) is 4.98 Å². The summed E-state index contributed by atoms with van der Waals surface area (Å²) >= 11 is 0. The van der Waals surface area contributed by atoms with Crippen molar-refractivity contribution in [2.75, 3.05) is 26.9 Å². The minimum absolute atomic E-state index is 0.354. The van der Waals surface area contributed by atoms with Crippen LogP contribution in [0, 0.1) is 0 Å². The van der Waals surface area contributed by atoms with E-state index < -0.39 is 37.3 Å². The average Bonchev–Trinajstić information content (AvgIpc) is 2.83. The molecule has 1 aliphatic heterocycles. The van der Waals surface area contributed by atoms with Crippen LogP contribution in [0.4, 0.5) is 0 Å². The highest BCUT2D eigenvalue weighted by Crippen LogP contribution is 2.27. The van der Waals surface area contributed by atoms with E-state index in [9.17, 15) is 20.4 Å². The highest BCUT2D eigenvalue weighted by molar-refractivity contribution is 5.85. The van der Waals surface area contributed by atoms with Gasteiger partial charge in [0.25, 0.3) is 0 Å². The van der Waals surface area contributed by atoms with Gasteiger partial charge in [-0.15, -0.1) is 0 Å². The number of hydrogen-bond acceptors (Lipinski definition) is 9. The summed E-state index contributed by atoms with van der Waals surface area (Å²) in [5.41, 5.74) is 0.844. The summed E-state index contributed by atoms with van der Waals surface area (Å²) in [6.07, 6.45) is 1.64. The van der Waals surface area contributed by atoms with Crippen molar-refractivity contribution in [2.45, 2.75) is 69.2 Å². The van der Waals surface area contributed by atoms with E-state index in [1.165, 1.54) is 0 Å². The first-order valence-electron chi connectivity index (χ1n) is 11.5. The van der Waals surface area contributed by atoms with Crippen molar-refractivity contribution in [1.82, 2.24) is 4.98 Å². The van der Waals surface area contributed by atoms with E-state index >= 15 is 0 Å². The van der Waals surface area contributed by atoms with Crippen molar-refractivity contribution in [3.8, 4) is 11.5 Å². The fourth-order valence-corrected chi connectivity index (χ4v) is 3.93. The molecule has 9 heteroatoms. The molecule has 2 aromatic rings. The van der Waals surface area contributed by atoms with E-state index in [-0.39, 0.29) is 0 Å². The van der Waals surface area contributed by atoms with Crippen LogP contribution in [0.25, 0.3) is 10.9 Å². The first-order chi connectivity index (χ1) is 16.0. The van der Waals surface area contributed by atoms with Crippen LogP contribution in [0.15, 0.2) is 30.5 Å². The summed E-state index contributed by atoms with van der Waals surface area (Å²) in [5, 5.41) is 39.9. The molecule has 0 aliphatic carbocycles. The van der Waals surface area contributed by atoms with Crippen molar-refractivity contribution in [3.63, 3.8) is 0 Å². The van der Waals surface area contributed by atoms with E-state index in [0.29, 0.717) is 13.2 Å². The number of ether oxygens (including phenoxy) is 4. The van der Waals surface area contributed by atoms with Gasteiger partial charge in [0.1, 0.15) is 35.9 Å². The minimum Gasteiger partial charge on any atom is -0.497 e. The zero-order valence-corrected chi connectivity index (χ0v) is 19.0. The van der Waals surface area contributed by atoms with Crippen LogP contribution in [-0.4, -0.2) is 83.0 Å². The van der Waals surface area contributed by atoms with E-state index in [4.69, 9.17) is 18.9 Å². The number of fused-ring (bicyclic) bond motifs is 1. The predicted molar refractivity (Wildman–Crippen MR) is 121 cm³/mol. The van der Waals surface area contributed by atoms with Gasteiger partial charge < -0.3 is 39.4 Å². The van der Waals surface area contributed by atoms with Crippen molar-refractivity contribution in [2.24, 2.45) is 0 Å². The molecule has 1 saturated heterocycles. The van der Waals surface area contributed by atoms with Gasteiger partial charge in [-0.05, 0) is 31.0 Å². The molecule has 2 heterocycles. The smallest absolute Gasteiger partial charge is 0.184 e. The largest absolute Gasteiger partial charge is 0.497 e. The van der Waals surface area contributed by atoms with Crippen LogP contribution in [0.1, 0.15) is 38.5 Å². The summed E-state index contributed by atoms with van der Waals surface area (Å²) < 4.78 is 21.7. The Labute approximate surface area is 193 Å². The fourth-order valence-electron chi connectivity index (χ4n) is 3.93. The van der Waals surface area contributed by atoms with Gasteiger partial charge in [0.05, 0.1) is 25.8 Å². The van der Waals surface area contributed by atoms with Crippen LogP contribution in [-0.2, 0) is 9.47 Å². The monoisotopic (exact) mass is 465 g/mol. The van der Waals surface area contributed by atoms with Crippen LogP contribution < -0.4 is 9.47 Å². The number of rotatable bonds is 13. The maximum absolute atomic E-state index is 10.1. The lowest BCUT2D eigenvalue weighted by atomic mass is 9.99. The molecule has 1 aliphatic rings. The zero-order chi connectivity index (χ0) is 23.6. The third-order valence-corrected chi connectivity index (χ3v) is 5.86. The highest BCUT2D eigenvalue weighted by atomic mass is 16.6. The maximum Gasteiger partial charge on any atom is 0.184 e. The number of hydrogen-bond donors (Lipinski definition) is 4. The molecular formula is C24H35NO8. The quantitative estimate of drug-likeness (QED) is 0.327. The third-order valence-electron chi connectivity index (χ3n) is 5.86. The number of pyridine rings is 1. The maximum atomic E-state index is 10.1. The highest BCUT2D eigenvalue weighted by Gasteiger charge is 2.44. The van der Waals surface area contributed by atoms with Gasteiger partial charge in [-0.25, -0.2) is 0 Å². The van der Waals surface area contributed by atoms with Gasteiger partial charge in [-0.1, -0.05) is 25.7 Å². The molecular weight excluding hydrogens is 430 g/mol. The zero-order valence-electron chi connectivity index (χ0n) is 19.0. The first-order valence-corrected chi connectivity index (χ1v) is 11.5. The Morgan fingerprint density at radius 1 is 0.939 bits per heavy atom. The fraction of sp³-hybridized carbons (Fsp3) is 0.625. The number of aromatic nitrogens is 1. The van der Waals surface area contributed by atoms with Gasteiger partial charge in [-0.2, -0.15) is 0 Å². The molecule has 3 rings (SSSR count).